The second kappa shape index (κ2) is 7.71. The maximum Gasteiger partial charge on any atom is 0.335 e. The van der Waals surface area contributed by atoms with E-state index in [2.05, 4.69) is 73.5 Å². The number of hydrogen-bond donors (Lipinski definition) is 1. The van der Waals surface area contributed by atoms with E-state index in [-0.39, 0.29) is 11.0 Å². The van der Waals surface area contributed by atoms with Crippen LogP contribution in [0.5, 0.6) is 0 Å². The van der Waals surface area contributed by atoms with Gasteiger partial charge in [-0.15, -0.1) is 0 Å². The summed E-state index contributed by atoms with van der Waals surface area (Å²) in [6, 6.07) is 21.3. The van der Waals surface area contributed by atoms with Gasteiger partial charge >= 0.3 is 5.97 Å². The Morgan fingerprint density at radius 3 is 2.20 bits per heavy atom. The molecule has 0 bridgehead atoms. The fraction of sp³-hybridized carbons (Fsp3) is 0.192. The Morgan fingerprint density at radius 2 is 1.53 bits per heavy atom. The first-order chi connectivity index (χ1) is 14.3. The number of aromatic carboxylic acids is 1. The zero-order chi connectivity index (χ0) is 21.3. The Bertz CT molecular complexity index is 1140. The number of hydrogen-bond acceptors (Lipinski definition) is 3. The van der Waals surface area contributed by atoms with Gasteiger partial charge in [0.05, 0.1) is 16.9 Å². The molecule has 0 saturated carbocycles. The van der Waals surface area contributed by atoms with Crippen LogP contribution in [-0.2, 0) is 5.41 Å². The predicted molar refractivity (Wildman–Crippen MR) is 120 cm³/mol. The number of nitrogens with zero attached hydrogens (tertiary/aromatic N) is 2. The fourth-order valence-electron chi connectivity index (χ4n) is 4.03. The fourth-order valence-corrected chi connectivity index (χ4v) is 4.03. The molecule has 1 aliphatic carbocycles. The van der Waals surface area contributed by atoms with Crippen LogP contribution in [0.2, 0.25) is 0 Å². The molecule has 30 heavy (non-hydrogen) atoms. The Hall–Kier alpha value is -3.53. The van der Waals surface area contributed by atoms with Crippen molar-refractivity contribution in [3.05, 3.63) is 101 Å². The molecular formula is C26H24N2O2. The van der Waals surface area contributed by atoms with E-state index in [9.17, 15) is 4.79 Å². The van der Waals surface area contributed by atoms with Crippen molar-refractivity contribution in [2.75, 3.05) is 0 Å². The minimum absolute atomic E-state index is 0.0400. The van der Waals surface area contributed by atoms with E-state index in [1.807, 2.05) is 12.1 Å². The highest BCUT2D eigenvalue weighted by Crippen LogP contribution is 2.45. The highest BCUT2D eigenvalue weighted by Gasteiger charge is 2.34. The van der Waals surface area contributed by atoms with E-state index >= 15 is 0 Å². The molecule has 0 amide bonds. The molecule has 1 N–H and O–H groups in total. The van der Waals surface area contributed by atoms with Crippen molar-refractivity contribution in [2.24, 2.45) is 10.2 Å². The van der Waals surface area contributed by atoms with Crippen LogP contribution in [-0.4, -0.2) is 11.1 Å². The average molecular weight is 396 g/mol. The van der Waals surface area contributed by atoms with Crippen LogP contribution in [0.25, 0.3) is 6.08 Å². The van der Waals surface area contributed by atoms with E-state index in [0.29, 0.717) is 11.6 Å². The molecule has 0 heterocycles. The van der Waals surface area contributed by atoms with Gasteiger partial charge in [0.2, 0.25) is 0 Å². The van der Waals surface area contributed by atoms with E-state index in [1.54, 1.807) is 12.1 Å². The quantitative estimate of drug-likeness (QED) is 0.474. The molecule has 1 unspecified atom stereocenters. The van der Waals surface area contributed by atoms with Crippen molar-refractivity contribution in [1.82, 2.24) is 0 Å². The van der Waals surface area contributed by atoms with E-state index in [1.165, 1.54) is 28.8 Å². The third-order valence-electron chi connectivity index (χ3n) is 5.81. The lowest BCUT2D eigenvalue weighted by atomic mass is 9.66. The lowest BCUT2D eigenvalue weighted by Gasteiger charge is -2.37. The van der Waals surface area contributed by atoms with Crippen LogP contribution in [0.1, 0.15) is 52.4 Å². The highest BCUT2D eigenvalue weighted by atomic mass is 16.4. The van der Waals surface area contributed by atoms with Gasteiger partial charge in [-0.25, -0.2) is 4.79 Å². The van der Waals surface area contributed by atoms with E-state index in [0.717, 1.165) is 11.3 Å². The molecule has 0 spiro atoms. The first-order valence-electron chi connectivity index (χ1n) is 9.99. The van der Waals surface area contributed by atoms with Gasteiger partial charge in [0.25, 0.3) is 0 Å². The number of aryl methyl sites for hydroxylation is 1. The van der Waals surface area contributed by atoms with Gasteiger partial charge in [0, 0.05) is 11.3 Å². The third-order valence-corrected chi connectivity index (χ3v) is 5.81. The Balaban J connectivity index is 1.59. The Kier molecular flexibility index (Phi) is 5.08. The number of fused-ring (bicyclic) bond motifs is 1. The monoisotopic (exact) mass is 396 g/mol. The number of carboxylic acid groups (broad SMARTS) is 1. The number of azo groups is 1. The molecule has 0 radical (unpaired) electrons. The molecule has 0 aromatic heterocycles. The van der Waals surface area contributed by atoms with Gasteiger partial charge in [-0.1, -0.05) is 61.9 Å². The second-order valence-electron chi connectivity index (χ2n) is 8.29. The molecule has 4 rings (SSSR count). The van der Waals surface area contributed by atoms with Crippen LogP contribution >= 0.6 is 0 Å². The maximum absolute atomic E-state index is 10.9. The van der Waals surface area contributed by atoms with Gasteiger partial charge in [-0.3, -0.25) is 0 Å². The summed E-state index contributed by atoms with van der Waals surface area (Å²) in [4.78, 5) is 10.9. The maximum atomic E-state index is 10.9. The number of carboxylic acids is 1. The summed E-state index contributed by atoms with van der Waals surface area (Å²) in [5.74, 6) is -0.641. The summed E-state index contributed by atoms with van der Waals surface area (Å²) in [6.07, 6.45) is 4.45. The normalized spacial score (nSPS) is 17.1. The Morgan fingerprint density at radius 1 is 0.900 bits per heavy atom. The van der Waals surface area contributed by atoms with Crippen molar-refractivity contribution in [1.29, 1.82) is 0 Å². The van der Waals surface area contributed by atoms with E-state index in [4.69, 9.17) is 5.11 Å². The molecule has 150 valence electrons. The van der Waals surface area contributed by atoms with E-state index < -0.39 is 5.97 Å². The van der Waals surface area contributed by atoms with Crippen molar-refractivity contribution < 1.29 is 9.90 Å². The second-order valence-corrected chi connectivity index (χ2v) is 8.29. The zero-order valence-corrected chi connectivity index (χ0v) is 17.3. The van der Waals surface area contributed by atoms with Gasteiger partial charge in [0.1, 0.15) is 0 Å². The third kappa shape index (κ3) is 3.81. The largest absolute Gasteiger partial charge is 0.478 e. The summed E-state index contributed by atoms with van der Waals surface area (Å²) in [6.45, 7) is 6.67. The SMILES string of the molecule is Cc1ccc(C2C=Cc3cc(N=Nc4ccc(C(=O)O)cc4)ccc3C2(C)C)cc1. The van der Waals surface area contributed by atoms with Crippen LogP contribution in [0, 0.1) is 6.92 Å². The molecular weight excluding hydrogens is 372 g/mol. The summed E-state index contributed by atoms with van der Waals surface area (Å²) in [5, 5.41) is 17.6. The van der Waals surface area contributed by atoms with Gasteiger partial charge in [0.15, 0.2) is 0 Å². The number of rotatable bonds is 4. The van der Waals surface area contributed by atoms with Gasteiger partial charge in [-0.2, -0.15) is 10.2 Å². The van der Waals surface area contributed by atoms with Crippen LogP contribution in [0.4, 0.5) is 11.4 Å². The molecule has 1 aliphatic rings. The molecule has 0 fully saturated rings. The zero-order valence-electron chi connectivity index (χ0n) is 17.3. The average Bonchev–Trinajstić information content (AvgIpc) is 2.73. The lowest BCUT2D eigenvalue weighted by Crippen LogP contribution is -2.28. The highest BCUT2D eigenvalue weighted by molar-refractivity contribution is 5.87. The smallest absolute Gasteiger partial charge is 0.335 e. The summed E-state index contributed by atoms with van der Waals surface area (Å²) < 4.78 is 0. The summed E-state index contributed by atoms with van der Waals surface area (Å²) in [5.41, 5.74) is 6.62. The van der Waals surface area contributed by atoms with Crippen molar-refractivity contribution in [3.8, 4) is 0 Å². The van der Waals surface area contributed by atoms with Gasteiger partial charge in [-0.05, 0) is 60.0 Å². The summed E-state index contributed by atoms with van der Waals surface area (Å²) in [7, 11) is 0. The molecule has 4 nitrogen and oxygen atoms in total. The molecule has 3 aromatic carbocycles. The van der Waals surface area contributed by atoms with Crippen LogP contribution < -0.4 is 0 Å². The number of benzene rings is 3. The predicted octanol–water partition coefficient (Wildman–Crippen LogP) is 7.20. The summed E-state index contributed by atoms with van der Waals surface area (Å²) >= 11 is 0. The topological polar surface area (TPSA) is 62.0 Å². The molecule has 4 heteroatoms. The minimum atomic E-state index is -0.952. The standard InChI is InChI=1S/C26H24N2O2/c1-17-4-6-18(7-5-17)23-14-10-20-16-22(13-15-24(20)26(23,2)3)28-27-21-11-8-19(9-12-21)25(29)30/h4-16,23H,1-3H3,(H,29,30). The molecule has 0 aliphatic heterocycles. The van der Waals surface area contributed by atoms with Gasteiger partial charge < -0.3 is 5.11 Å². The molecule has 1 atom stereocenters. The van der Waals surface area contributed by atoms with Crippen molar-refractivity contribution in [2.45, 2.75) is 32.1 Å². The molecule has 0 saturated heterocycles. The lowest BCUT2D eigenvalue weighted by molar-refractivity contribution is 0.0697. The van der Waals surface area contributed by atoms with Crippen molar-refractivity contribution in [3.63, 3.8) is 0 Å². The Labute approximate surface area is 176 Å². The first kappa shape index (κ1) is 19.8. The number of carbonyl (C=O) groups is 1. The minimum Gasteiger partial charge on any atom is -0.478 e. The first-order valence-corrected chi connectivity index (χ1v) is 9.99. The molecule has 3 aromatic rings. The van der Waals surface area contributed by atoms with Crippen LogP contribution in [0.3, 0.4) is 0 Å². The number of allylic oxidation sites excluding steroid dienone is 1. The van der Waals surface area contributed by atoms with Crippen molar-refractivity contribution >= 4 is 23.4 Å². The van der Waals surface area contributed by atoms with Crippen LogP contribution in [0.15, 0.2) is 83.0 Å².